The van der Waals surface area contributed by atoms with Gasteiger partial charge >= 0.3 is 0 Å². The lowest BCUT2D eigenvalue weighted by Gasteiger charge is -2.22. The predicted octanol–water partition coefficient (Wildman–Crippen LogP) is 2.30. The zero-order chi connectivity index (χ0) is 19.4. The summed E-state index contributed by atoms with van der Waals surface area (Å²) in [6.45, 7) is 2.00. The molecule has 0 spiro atoms. The topological polar surface area (TPSA) is 93.0 Å². The van der Waals surface area contributed by atoms with Crippen molar-refractivity contribution in [2.75, 3.05) is 0 Å². The van der Waals surface area contributed by atoms with Gasteiger partial charge in [-0.1, -0.05) is 48.0 Å². The Balaban J connectivity index is 1.87. The van der Waals surface area contributed by atoms with Crippen LogP contribution >= 0.6 is 0 Å². The maximum absolute atomic E-state index is 12.7. The number of aliphatic carboxylic acids is 1. The number of aryl methyl sites for hydroxylation is 1. The molecule has 0 aromatic heterocycles. The minimum Gasteiger partial charge on any atom is -0.550 e. The van der Waals surface area contributed by atoms with Gasteiger partial charge in [0.2, 0.25) is 5.91 Å². The molecule has 1 aliphatic heterocycles. The van der Waals surface area contributed by atoms with Crippen LogP contribution in [0.2, 0.25) is 0 Å². The number of rotatable bonds is 6. The highest BCUT2D eigenvalue weighted by Gasteiger charge is 2.34. The summed E-state index contributed by atoms with van der Waals surface area (Å²) in [7, 11) is 0. The van der Waals surface area contributed by atoms with Crippen molar-refractivity contribution in [1.82, 2.24) is 5.01 Å². The Morgan fingerprint density at radius 2 is 1.85 bits per heavy atom. The predicted molar refractivity (Wildman–Crippen MR) is 98.9 cm³/mol. The van der Waals surface area contributed by atoms with E-state index < -0.39 is 12.0 Å². The van der Waals surface area contributed by atoms with E-state index in [-0.39, 0.29) is 30.9 Å². The molecule has 1 N–H and O–H groups in total. The first-order valence-electron chi connectivity index (χ1n) is 8.90. The molecule has 1 amide bonds. The van der Waals surface area contributed by atoms with Crippen molar-refractivity contribution in [3.8, 4) is 5.75 Å². The second-order valence-corrected chi connectivity index (χ2v) is 6.66. The van der Waals surface area contributed by atoms with Crippen LogP contribution in [-0.2, 0) is 9.59 Å². The van der Waals surface area contributed by atoms with Gasteiger partial charge < -0.3 is 15.0 Å². The smallest absolute Gasteiger partial charge is 0.243 e. The highest BCUT2D eigenvalue weighted by atomic mass is 16.4. The van der Waals surface area contributed by atoms with Crippen LogP contribution in [0.1, 0.15) is 48.4 Å². The number of amides is 1. The van der Waals surface area contributed by atoms with Gasteiger partial charge in [0.25, 0.3) is 0 Å². The number of carboxylic acid groups (broad SMARTS) is 1. The average molecular weight is 365 g/mol. The normalized spacial score (nSPS) is 16.3. The lowest BCUT2D eigenvalue weighted by atomic mass is 9.97. The Bertz CT molecular complexity index is 874. The van der Waals surface area contributed by atoms with E-state index in [9.17, 15) is 19.8 Å². The third kappa shape index (κ3) is 4.34. The standard InChI is InChI=1S/C21H22N2O4/c1-14-9-11-15(12-10-14)17-13-18(16-5-2-3-6-19(16)24)23(22-17)20(25)7-4-8-21(26)27/h2-3,5-6,9-12,18,24H,4,7-8,13H2,1H3,(H,26,27)/p-1/t18-/m1/s1. The molecular weight excluding hydrogens is 344 g/mol. The van der Waals surface area contributed by atoms with Crippen molar-refractivity contribution in [3.05, 3.63) is 65.2 Å². The van der Waals surface area contributed by atoms with Gasteiger partial charge in [-0.3, -0.25) is 4.79 Å². The molecule has 0 saturated carbocycles. The van der Waals surface area contributed by atoms with Crippen molar-refractivity contribution in [3.63, 3.8) is 0 Å². The number of hydrogen-bond acceptors (Lipinski definition) is 5. The number of phenolic OH excluding ortho intramolecular Hbond substituents is 1. The molecule has 0 saturated heterocycles. The highest BCUT2D eigenvalue weighted by molar-refractivity contribution is 6.03. The van der Waals surface area contributed by atoms with Gasteiger partial charge in [0.05, 0.1) is 11.8 Å². The third-order valence-electron chi connectivity index (χ3n) is 4.62. The molecule has 2 aromatic carbocycles. The van der Waals surface area contributed by atoms with Crippen LogP contribution in [0.15, 0.2) is 53.6 Å². The van der Waals surface area contributed by atoms with Gasteiger partial charge in [-0.05, 0) is 31.4 Å². The summed E-state index contributed by atoms with van der Waals surface area (Å²) in [5, 5.41) is 26.7. The molecule has 0 fully saturated rings. The Hall–Kier alpha value is -3.15. The summed E-state index contributed by atoms with van der Waals surface area (Å²) in [6, 6.07) is 14.3. The molecule has 27 heavy (non-hydrogen) atoms. The van der Waals surface area contributed by atoms with Crippen molar-refractivity contribution in [1.29, 1.82) is 0 Å². The fraction of sp³-hybridized carbons (Fsp3) is 0.286. The first kappa shape index (κ1) is 18.6. The summed E-state index contributed by atoms with van der Waals surface area (Å²) in [5.41, 5.74) is 3.43. The van der Waals surface area contributed by atoms with Gasteiger partial charge in [0, 0.05) is 24.4 Å². The number of benzene rings is 2. The van der Waals surface area contributed by atoms with Gasteiger partial charge in [0.1, 0.15) is 5.75 Å². The summed E-state index contributed by atoms with van der Waals surface area (Å²) in [5.74, 6) is -1.34. The third-order valence-corrected chi connectivity index (χ3v) is 4.62. The molecule has 1 aliphatic rings. The van der Waals surface area contributed by atoms with E-state index in [1.54, 1.807) is 24.3 Å². The minimum atomic E-state index is -1.18. The maximum atomic E-state index is 12.7. The fourth-order valence-corrected chi connectivity index (χ4v) is 3.17. The quantitative estimate of drug-likeness (QED) is 0.850. The van der Waals surface area contributed by atoms with Gasteiger partial charge in [0.15, 0.2) is 0 Å². The SMILES string of the molecule is Cc1ccc(C2=NN(C(=O)CCCC(=O)[O-])[C@@H](c3ccccc3O)C2)cc1. The van der Waals surface area contributed by atoms with Crippen LogP contribution in [0.25, 0.3) is 0 Å². The molecule has 2 aromatic rings. The molecule has 1 atom stereocenters. The summed E-state index contributed by atoms with van der Waals surface area (Å²) >= 11 is 0. The monoisotopic (exact) mass is 365 g/mol. The number of para-hydroxylation sites is 1. The molecule has 0 unspecified atom stereocenters. The minimum absolute atomic E-state index is 0.0583. The van der Waals surface area contributed by atoms with Gasteiger partial charge in [-0.25, -0.2) is 5.01 Å². The molecular formula is C21H21N2O4-. The average Bonchev–Trinajstić information content (AvgIpc) is 3.07. The molecule has 0 aliphatic carbocycles. The van der Waals surface area contributed by atoms with E-state index in [4.69, 9.17) is 0 Å². The van der Waals surface area contributed by atoms with E-state index in [1.165, 1.54) is 5.01 Å². The molecule has 6 heteroatoms. The Labute approximate surface area is 157 Å². The van der Waals surface area contributed by atoms with Crippen LogP contribution in [0.5, 0.6) is 5.75 Å². The van der Waals surface area contributed by atoms with Crippen LogP contribution in [-0.4, -0.2) is 27.7 Å². The van der Waals surface area contributed by atoms with Crippen molar-refractivity contribution < 1.29 is 19.8 Å². The number of phenols is 1. The van der Waals surface area contributed by atoms with E-state index in [0.717, 1.165) is 16.8 Å². The van der Waals surface area contributed by atoms with Crippen molar-refractivity contribution in [2.45, 2.75) is 38.6 Å². The molecule has 0 bridgehead atoms. The van der Waals surface area contributed by atoms with E-state index >= 15 is 0 Å². The Morgan fingerprint density at radius 3 is 2.52 bits per heavy atom. The van der Waals surface area contributed by atoms with E-state index in [1.807, 2.05) is 31.2 Å². The summed E-state index contributed by atoms with van der Waals surface area (Å²) in [6.07, 6.45) is 0.561. The zero-order valence-electron chi connectivity index (χ0n) is 15.1. The van der Waals surface area contributed by atoms with E-state index in [0.29, 0.717) is 12.0 Å². The van der Waals surface area contributed by atoms with Crippen LogP contribution < -0.4 is 5.11 Å². The first-order chi connectivity index (χ1) is 13.0. The zero-order valence-corrected chi connectivity index (χ0v) is 15.1. The summed E-state index contributed by atoms with van der Waals surface area (Å²) in [4.78, 5) is 23.3. The molecule has 3 rings (SSSR count). The molecule has 0 radical (unpaired) electrons. The van der Waals surface area contributed by atoms with Crippen LogP contribution in [0, 0.1) is 6.92 Å². The number of aromatic hydroxyl groups is 1. The molecule has 6 nitrogen and oxygen atoms in total. The van der Waals surface area contributed by atoms with Gasteiger partial charge in [-0.2, -0.15) is 5.10 Å². The van der Waals surface area contributed by atoms with E-state index in [2.05, 4.69) is 5.10 Å². The second-order valence-electron chi connectivity index (χ2n) is 6.66. The lowest BCUT2D eigenvalue weighted by Crippen LogP contribution is -2.28. The maximum Gasteiger partial charge on any atom is 0.243 e. The molecule has 140 valence electrons. The molecule has 1 heterocycles. The Kier molecular flexibility index (Phi) is 5.54. The number of hydrazone groups is 1. The number of carboxylic acids is 1. The lowest BCUT2D eigenvalue weighted by molar-refractivity contribution is -0.305. The second kappa shape index (κ2) is 8.03. The van der Waals surface area contributed by atoms with Crippen molar-refractivity contribution >= 4 is 17.6 Å². The fourth-order valence-electron chi connectivity index (χ4n) is 3.17. The van der Waals surface area contributed by atoms with Crippen molar-refractivity contribution in [2.24, 2.45) is 5.10 Å². The largest absolute Gasteiger partial charge is 0.550 e. The number of hydrogen-bond donors (Lipinski definition) is 1. The summed E-state index contributed by atoms with van der Waals surface area (Å²) < 4.78 is 0. The highest BCUT2D eigenvalue weighted by Crippen LogP contribution is 2.37. The first-order valence-corrected chi connectivity index (χ1v) is 8.90. The van der Waals surface area contributed by atoms with Gasteiger partial charge in [-0.15, -0.1) is 0 Å². The number of carbonyl (C=O) groups excluding carboxylic acids is 2. The number of nitrogens with zero attached hydrogens (tertiary/aromatic N) is 2. The van der Waals surface area contributed by atoms with Crippen LogP contribution in [0.4, 0.5) is 0 Å². The van der Waals surface area contributed by atoms with Crippen LogP contribution in [0.3, 0.4) is 0 Å². The Morgan fingerprint density at radius 1 is 1.15 bits per heavy atom. The number of carbonyl (C=O) groups is 2.